The molecule has 2 aromatic rings. The lowest BCUT2D eigenvalue weighted by molar-refractivity contribution is -0.127. The highest BCUT2D eigenvalue weighted by molar-refractivity contribution is 7.89. The van der Waals surface area contributed by atoms with Gasteiger partial charge in [0.1, 0.15) is 0 Å². The van der Waals surface area contributed by atoms with E-state index in [1.807, 2.05) is 25.1 Å². The van der Waals surface area contributed by atoms with Gasteiger partial charge in [0.15, 0.2) is 0 Å². The molecule has 0 unspecified atom stereocenters. The summed E-state index contributed by atoms with van der Waals surface area (Å²) in [5, 5.41) is 6.23. The van der Waals surface area contributed by atoms with Crippen molar-refractivity contribution in [3.63, 3.8) is 0 Å². The number of hydrogen-bond acceptors (Lipinski definition) is 4. The maximum atomic E-state index is 13.2. The first-order valence-corrected chi connectivity index (χ1v) is 13.5. The van der Waals surface area contributed by atoms with E-state index in [0.717, 1.165) is 31.2 Å². The van der Waals surface area contributed by atoms with Crippen molar-refractivity contribution in [1.29, 1.82) is 0 Å². The summed E-state index contributed by atoms with van der Waals surface area (Å²) in [4.78, 5) is 26.1. The maximum absolute atomic E-state index is 13.2. The Bertz CT molecular complexity index is 1100. The Hall–Kier alpha value is -2.71. The zero-order valence-corrected chi connectivity index (χ0v) is 20.4. The Labute approximate surface area is 202 Å². The highest BCUT2D eigenvalue weighted by Gasteiger charge is 2.35. The molecule has 0 aromatic heterocycles. The number of nitrogens with one attached hydrogen (secondary N) is 2. The van der Waals surface area contributed by atoms with Crippen LogP contribution in [-0.2, 0) is 14.8 Å². The summed E-state index contributed by atoms with van der Waals surface area (Å²) in [7, 11) is -3.64. The molecule has 4 rings (SSSR count). The predicted molar refractivity (Wildman–Crippen MR) is 131 cm³/mol. The van der Waals surface area contributed by atoms with Gasteiger partial charge in [-0.3, -0.25) is 9.59 Å². The van der Waals surface area contributed by atoms with Gasteiger partial charge in [0, 0.05) is 30.7 Å². The summed E-state index contributed by atoms with van der Waals surface area (Å²) < 4.78 is 27.7. The fourth-order valence-corrected chi connectivity index (χ4v) is 6.38. The number of sulfonamides is 1. The maximum Gasteiger partial charge on any atom is 0.251 e. The lowest BCUT2D eigenvalue weighted by Crippen LogP contribution is -2.55. The normalized spacial score (nSPS) is 23.7. The predicted octanol–water partition coefficient (Wildman–Crippen LogP) is 3.25. The van der Waals surface area contributed by atoms with E-state index in [2.05, 4.69) is 10.6 Å². The molecular formula is C26H33N3O4S. The van der Waals surface area contributed by atoms with Crippen LogP contribution >= 0.6 is 0 Å². The minimum Gasteiger partial charge on any atom is -0.351 e. The van der Waals surface area contributed by atoms with Crippen LogP contribution in [0.5, 0.6) is 0 Å². The molecule has 1 saturated heterocycles. The molecule has 0 bridgehead atoms. The lowest BCUT2D eigenvalue weighted by atomic mass is 9.89. The lowest BCUT2D eigenvalue weighted by Gasteiger charge is -2.36. The van der Waals surface area contributed by atoms with E-state index in [4.69, 9.17) is 0 Å². The van der Waals surface area contributed by atoms with Crippen LogP contribution in [0.4, 0.5) is 0 Å². The van der Waals surface area contributed by atoms with E-state index in [9.17, 15) is 18.0 Å². The Morgan fingerprint density at radius 2 is 1.50 bits per heavy atom. The third-order valence-corrected chi connectivity index (χ3v) is 8.74. The van der Waals surface area contributed by atoms with Crippen LogP contribution < -0.4 is 10.6 Å². The first-order valence-electron chi connectivity index (χ1n) is 12.1. The van der Waals surface area contributed by atoms with Gasteiger partial charge in [-0.15, -0.1) is 0 Å². The van der Waals surface area contributed by atoms with E-state index >= 15 is 0 Å². The van der Waals surface area contributed by atoms with Crippen LogP contribution in [0.15, 0.2) is 59.5 Å². The quantitative estimate of drug-likeness (QED) is 0.659. The molecular weight excluding hydrogens is 450 g/mol. The van der Waals surface area contributed by atoms with Gasteiger partial charge in [0.05, 0.1) is 10.8 Å². The van der Waals surface area contributed by atoms with Crippen molar-refractivity contribution in [2.45, 2.75) is 62.4 Å². The van der Waals surface area contributed by atoms with E-state index in [1.54, 1.807) is 36.4 Å². The number of carbonyl (C=O) groups excluding carboxylic acids is 2. The summed E-state index contributed by atoms with van der Waals surface area (Å²) in [6.45, 7) is 2.51. The Morgan fingerprint density at radius 3 is 2.18 bits per heavy atom. The number of aryl methyl sites for hydroxylation is 1. The van der Waals surface area contributed by atoms with E-state index in [0.29, 0.717) is 24.9 Å². The summed E-state index contributed by atoms with van der Waals surface area (Å²) in [5.41, 5.74) is 1.60. The molecule has 2 aliphatic rings. The van der Waals surface area contributed by atoms with Crippen molar-refractivity contribution in [2.24, 2.45) is 5.92 Å². The zero-order chi connectivity index (χ0) is 24.1. The molecule has 1 aliphatic carbocycles. The van der Waals surface area contributed by atoms with E-state index < -0.39 is 15.9 Å². The number of rotatable bonds is 6. The summed E-state index contributed by atoms with van der Waals surface area (Å²) in [6.07, 6.45) is 4.88. The van der Waals surface area contributed by atoms with Crippen LogP contribution in [-0.4, -0.2) is 49.7 Å². The van der Waals surface area contributed by atoms with Crippen LogP contribution in [0.3, 0.4) is 0 Å². The molecule has 34 heavy (non-hydrogen) atoms. The van der Waals surface area contributed by atoms with Gasteiger partial charge in [-0.1, -0.05) is 48.7 Å². The Balaban J connectivity index is 1.39. The zero-order valence-electron chi connectivity index (χ0n) is 19.6. The molecule has 8 heteroatoms. The SMILES string of the molecule is Cc1ccc(S(=O)(=O)N2CCC[C@@H](C(=O)N[C@@H]3CCCC[C@H]3NC(=O)c3ccccc3)C2)cc1. The number of benzene rings is 2. The number of nitrogens with zero attached hydrogens (tertiary/aromatic N) is 1. The second-order valence-corrected chi connectivity index (χ2v) is 11.3. The Kier molecular flexibility index (Phi) is 7.68. The smallest absolute Gasteiger partial charge is 0.251 e. The van der Waals surface area contributed by atoms with Crippen LogP contribution in [0.25, 0.3) is 0 Å². The summed E-state index contributed by atoms with van der Waals surface area (Å²) in [5.74, 6) is -0.671. The minimum absolute atomic E-state index is 0.130. The largest absolute Gasteiger partial charge is 0.351 e. The van der Waals surface area contributed by atoms with Gasteiger partial charge in [0.2, 0.25) is 15.9 Å². The van der Waals surface area contributed by atoms with Crippen molar-refractivity contribution in [3.05, 3.63) is 65.7 Å². The monoisotopic (exact) mass is 483 g/mol. The molecule has 1 heterocycles. The standard InChI is InChI=1S/C26H33N3O4S/c1-19-13-15-22(16-14-19)34(32,33)29-17-7-10-21(18-29)26(31)28-24-12-6-5-11-23(24)27-25(30)20-8-3-2-4-9-20/h2-4,8-9,13-16,21,23-24H,5-7,10-12,17-18H2,1H3,(H,27,30)(H,28,31)/t21-,23-,24-/m1/s1. The van der Waals surface area contributed by atoms with Crippen molar-refractivity contribution in [2.75, 3.05) is 13.1 Å². The van der Waals surface area contributed by atoms with Gasteiger partial charge >= 0.3 is 0 Å². The number of piperidine rings is 1. The summed E-state index contributed by atoms with van der Waals surface area (Å²) >= 11 is 0. The van der Waals surface area contributed by atoms with Crippen molar-refractivity contribution >= 4 is 21.8 Å². The second kappa shape index (κ2) is 10.7. The second-order valence-electron chi connectivity index (χ2n) is 9.36. The molecule has 1 saturated carbocycles. The molecule has 1 aliphatic heterocycles. The Morgan fingerprint density at radius 1 is 0.853 bits per heavy atom. The van der Waals surface area contributed by atoms with Gasteiger partial charge in [0.25, 0.3) is 5.91 Å². The number of carbonyl (C=O) groups is 2. The first-order chi connectivity index (χ1) is 16.3. The molecule has 3 atom stereocenters. The number of amides is 2. The van der Waals surface area contributed by atoms with Crippen molar-refractivity contribution in [3.8, 4) is 0 Å². The minimum atomic E-state index is -3.64. The first kappa shape index (κ1) is 24.4. The van der Waals surface area contributed by atoms with Gasteiger partial charge < -0.3 is 10.6 Å². The van der Waals surface area contributed by atoms with Crippen LogP contribution in [0, 0.1) is 12.8 Å². The summed E-state index contributed by atoms with van der Waals surface area (Å²) in [6, 6.07) is 15.6. The molecule has 2 fully saturated rings. The molecule has 0 radical (unpaired) electrons. The van der Waals surface area contributed by atoms with Crippen molar-refractivity contribution < 1.29 is 18.0 Å². The van der Waals surface area contributed by atoms with Gasteiger partial charge in [-0.05, 0) is 56.9 Å². The molecule has 2 aromatic carbocycles. The van der Waals surface area contributed by atoms with Gasteiger partial charge in [-0.2, -0.15) is 4.31 Å². The van der Waals surface area contributed by atoms with Crippen LogP contribution in [0.2, 0.25) is 0 Å². The van der Waals surface area contributed by atoms with E-state index in [1.165, 1.54) is 4.31 Å². The molecule has 2 N–H and O–H groups in total. The van der Waals surface area contributed by atoms with E-state index in [-0.39, 0.29) is 35.3 Å². The average Bonchev–Trinajstić information content (AvgIpc) is 2.86. The molecule has 0 spiro atoms. The van der Waals surface area contributed by atoms with Gasteiger partial charge in [-0.25, -0.2) is 8.42 Å². The number of hydrogen-bond donors (Lipinski definition) is 2. The third-order valence-electron chi connectivity index (χ3n) is 6.86. The molecule has 2 amide bonds. The highest BCUT2D eigenvalue weighted by Crippen LogP contribution is 2.25. The highest BCUT2D eigenvalue weighted by atomic mass is 32.2. The molecule has 182 valence electrons. The van der Waals surface area contributed by atoms with Crippen molar-refractivity contribution in [1.82, 2.24) is 14.9 Å². The average molecular weight is 484 g/mol. The van der Waals surface area contributed by atoms with Crippen LogP contribution in [0.1, 0.15) is 54.4 Å². The third kappa shape index (κ3) is 5.67. The fourth-order valence-electron chi connectivity index (χ4n) is 4.85. The fraction of sp³-hybridized carbons (Fsp3) is 0.462. The molecule has 7 nitrogen and oxygen atoms in total. The topological polar surface area (TPSA) is 95.6 Å².